The highest BCUT2D eigenvalue weighted by Gasteiger charge is 2.39. The van der Waals surface area contributed by atoms with Crippen molar-refractivity contribution < 1.29 is 5.11 Å². The molecule has 86 valence electrons. The molecule has 0 saturated heterocycles. The summed E-state index contributed by atoms with van der Waals surface area (Å²) >= 11 is 0. The van der Waals surface area contributed by atoms with Gasteiger partial charge in [-0.05, 0) is 48.8 Å². The third kappa shape index (κ3) is 1.82. The van der Waals surface area contributed by atoms with Crippen LogP contribution < -0.4 is 5.32 Å². The van der Waals surface area contributed by atoms with Crippen LogP contribution >= 0.6 is 0 Å². The summed E-state index contributed by atoms with van der Waals surface area (Å²) in [6, 6.07) is 8.85. The van der Waals surface area contributed by atoms with E-state index < -0.39 is 0 Å². The van der Waals surface area contributed by atoms with Gasteiger partial charge in [0.1, 0.15) is 0 Å². The van der Waals surface area contributed by atoms with E-state index in [2.05, 4.69) is 17.4 Å². The highest BCUT2D eigenvalue weighted by Crippen LogP contribution is 2.45. The van der Waals surface area contributed by atoms with Crippen LogP contribution in [-0.2, 0) is 6.61 Å². The predicted octanol–water partition coefficient (Wildman–Crippen LogP) is 2.78. The molecule has 3 unspecified atom stereocenters. The maximum atomic E-state index is 8.98. The van der Waals surface area contributed by atoms with Crippen molar-refractivity contribution in [3.05, 3.63) is 29.8 Å². The van der Waals surface area contributed by atoms with E-state index >= 15 is 0 Å². The highest BCUT2D eigenvalue weighted by molar-refractivity contribution is 5.45. The van der Waals surface area contributed by atoms with Gasteiger partial charge in [0, 0.05) is 11.7 Å². The topological polar surface area (TPSA) is 32.3 Å². The Labute approximate surface area is 96.7 Å². The highest BCUT2D eigenvalue weighted by atomic mass is 16.3. The standard InChI is InChI=1S/C14H19NO/c16-9-10-2-5-13(6-3-10)15-14-8-11-1-4-12(14)7-11/h2-3,5-6,11-12,14-16H,1,4,7-9H2. The van der Waals surface area contributed by atoms with Gasteiger partial charge in [-0.1, -0.05) is 18.6 Å². The number of rotatable bonds is 3. The van der Waals surface area contributed by atoms with E-state index in [0.717, 1.165) is 17.4 Å². The van der Waals surface area contributed by atoms with Crippen molar-refractivity contribution in [1.82, 2.24) is 0 Å². The van der Waals surface area contributed by atoms with Gasteiger partial charge in [0.25, 0.3) is 0 Å². The molecule has 2 fully saturated rings. The average Bonchev–Trinajstić information content (AvgIpc) is 2.92. The Kier molecular flexibility index (Phi) is 2.60. The van der Waals surface area contributed by atoms with Crippen LogP contribution in [0.25, 0.3) is 0 Å². The molecule has 3 rings (SSSR count). The van der Waals surface area contributed by atoms with E-state index in [1.165, 1.54) is 31.4 Å². The number of aliphatic hydroxyl groups excluding tert-OH is 1. The molecule has 2 N–H and O–H groups in total. The van der Waals surface area contributed by atoms with Crippen LogP contribution in [0.3, 0.4) is 0 Å². The molecule has 1 aromatic carbocycles. The Morgan fingerprint density at radius 2 is 1.94 bits per heavy atom. The fourth-order valence-corrected chi connectivity index (χ4v) is 3.34. The molecule has 2 bridgehead atoms. The number of hydrogen-bond acceptors (Lipinski definition) is 2. The molecule has 0 heterocycles. The van der Waals surface area contributed by atoms with Crippen molar-refractivity contribution >= 4 is 5.69 Å². The van der Waals surface area contributed by atoms with Crippen LogP contribution in [0, 0.1) is 11.8 Å². The zero-order valence-electron chi connectivity index (χ0n) is 9.52. The van der Waals surface area contributed by atoms with Gasteiger partial charge in [0.15, 0.2) is 0 Å². The minimum Gasteiger partial charge on any atom is -0.392 e. The molecule has 2 saturated carbocycles. The summed E-state index contributed by atoms with van der Waals surface area (Å²) in [6.07, 6.45) is 5.65. The normalized spacial score (nSPS) is 31.9. The summed E-state index contributed by atoms with van der Waals surface area (Å²) in [5.41, 5.74) is 2.19. The molecule has 1 aromatic rings. The number of benzene rings is 1. The Balaban J connectivity index is 1.65. The number of nitrogens with one attached hydrogen (secondary N) is 1. The molecule has 0 aliphatic heterocycles. The fourth-order valence-electron chi connectivity index (χ4n) is 3.34. The molecule has 2 heteroatoms. The largest absolute Gasteiger partial charge is 0.392 e. The van der Waals surface area contributed by atoms with E-state index in [0.29, 0.717) is 6.04 Å². The predicted molar refractivity (Wildman–Crippen MR) is 65.2 cm³/mol. The zero-order valence-corrected chi connectivity index (χ0v) is 9.52. The van der Waals surface area contributed by atoms with Gasteiger partial charge in [-0.15, -0.1) is 0 Å². The summed E-state index contributed by atoms with van der Waals surface area (Å²) in [7, 11) is 0. The first-order valence-electron chi connectivity index (χ1n) is 6.31. The third-order valence-corrected chi connectivity index (χ3v) is 4.23. The average molecular weight is 217 g/mol. The molecule has 2 aliphatic rings. The van der Waals surface area contributed by atoms with E-state index in [1.54, 1.807) is 0 Å². The van der Waals surface area contributed by atoms with Crippen LogP contribution in [-0.4, -0.2) is 11.1 Å². The maximum absolute atomic E-state index is 8.98. The first-order chi connectivity index (χ1) is 7.85. The lowest BCUT2D eigenvalue weighted by atomic mass is 9.95. The first-order valence-corrected chi connectivity index (χ1v) is 6.31. The molecular formula is C14H19NO. The summed E-state index contributed by atoms with van der Waals surface area (Å²) in [5, 5.41) is 12.6. The van der Waals surface area contributed by atoms with E-state index in [-0.39, 0.29) is 6.61 Å². The molecule has 16 heavy (non-hydrogen) atoms. The molecule has 2 aliphatic carbocycles. The molecule has 0 radical (unpaired) electrons. The zero-order chi connectivity index (χ0) is 11.0. The summed E-state index contributed by atoms with van der Waals surface area (Å²) in [6.45, 7) is 0.133. The molecule has 0 amide bonds. The van der Waals surface area contributed by atoms with E-state index in [9.17, 15) is 0 Å². The van der Waals surface area contributed by atoms with Crippen molar-refractivity contribution in [2.24, 2.45) is 11.8 Å². The molecule has 2 nitrogen and oxygen atoms in total. The van der Waals surface area contributed by atoms with Gasteiger partial charge in [0.2, 0.25) is 0 Å². The van der Waals surface area contributed by atoms with Crippen LogP contribution in [0.4, 0.5) is 5.69 Å². The summed E-state index contributed by atoms with van der Waals surface area (Å²) in [5.74, 6) is 1.89. The smallest absolute Gasteiger partial charge is 0.0681 e. The molecule has 0 aromatic heterocycles. The van der Waals surface area contributed by atoms with Crippen molar-refractivity contribution in [3.63, 3.8) is 0 Å². The summed E-state index contributed by atoms with van der Waals surface area (Å²) in [4.78, 5) is 0. The van der Waals surface area contributed by atoms with Crippen molar-refractivity contribution in [2.45, 2.75) is 38.3 Å². The fraction of sp³-hybridized carbons (Fsp3) is 0.571. The van der Waals surface area contributed by atoms with Gasteiger partial charge in [0.05, 0.1) is 6.61 Å². The Hall–Kier alpha value is -1.02. The van der Waals surface area contributed by atoms with Gasteiger partial charge in [-0.3, -0.25) is 0 Å². The molecule has 0 spiro atoms. The second-order valence-corrected chi connectivity index (χ2v) is 5.28. The Morgan fingerprint density at radius 3 is 2.50 bits per heavy atom. The lowest BCUT2D eigenvalue weighted by molar-refractivity contribution is 0.282. The van der Waals surface area contributed by atoms with Crippen molar-refractivity contribution in [3.8, 4) is 0 Å². The van der Waals surface area contributed by atoms with Gasteiger partial charge >= 0.3 is 0 Å². The van der Waals surface area contributed by atoms with Crippen LogP contribution in [0.15, 0.2) is 24.3 Å². The van der Waals surface area contributed by atoms with Crippen LogP contribution in [0.5, 0.6) is 0 Å². The quantitative estimate of drug-likeness (QED) is 0.816. The lowest BCUT2D eigenvalue weighted by Gasteiger charge is -2.24. The maximum Gasteiger partial charge on any atom is 0.0681 e. The number of hydrogen-bond donors (Lipinski definition) is 2. The number of anilines is 1. The van der Waals surface area contributed by atoms with Crippen LogP contribution in [0.2, 0.25) is 0 Å². The second-order valence-electron chi connectivity index (χ2n) is 5.28. The minimum absolute atomic E-state index is 0.133. The van der Waals surface area contributed by atoms with Crippen molar-refractivity contribution in [2.75, 3.05) is 5.32 Å². The van der Waals surface area contributed by atoms with Crippen molar-refractivity contribution in [1.29, 1.82) is 0 Å². The molecule has 3 atom stereocenters. The van der Waals surface area contributed by atoms with Crippen LogP contribution in [0.1, 0.15) is 31.2 Å². The molecular weight excluding hydrogens is 198 g/mol. The monoisotopic (exact) mass is 217 g/mol. The summed E-state index contributed by atoms with van der Waals surface area (Å²) < 4.78 is 0. The van der Waals surface area contributed by atoms with E-state index in [4.69, 9.17) is 5.11 Å². The second kappa shape index (κ2) is 4.10. The van der Waals surface area contributed by atoms with Gasteiger partial charge in [-0.2, -0.15) is 0 Å². The third-order valence-electron chi connectivity index (χ3n) is 4.23. The Bertz CT molecular complexity index is 360. The number of aliphatic hydroxyl groups is 1. The van der Waals surface area contributed by atoms with Gasteiger partial charge in [-0.25, -0.2) is 0 Å². The Morgan fingerprint density at radius 1 is 1.12 bits per heavy atom. The van der Waals surface area contributed by atoms with E-state index in [1.807, 2.05) is 12.1 Å². The lowest BCUT2D eigenvalue weighted by Crippen LogP contribution is -2.25. The van der Waals surface area contributed by atoms with Gasteiger partial charge < -0.3 is 10.4 Å². The first kappa shape index (κ1) is 10.2. The number of fused-ring (bicyclic) bond motifs is 2. The SMILES string of the molecule is OCc1ccc(NC2CC3CCC2C3)cc1. The minimum atomic E-state index is 0.133.